The van der Waals surface area contributed by atoms with Crippen LogP contribution in [0.2, 0.25) is 0 Å². The predicted molar refractivity (Wildman–Crippen MR) is 58.6 cm³/mol. The lowest BCUT2D eigenvalue weighted by molar-refractivity contribution is -0.140. The SMILES string of the molecule is CCn1cc(NC(=O)NC(CO)C(=O)O)cn1. The molecule has 0 saturated heterocycles. The summed E-state index contributed by atoms with van der Waals surface area (Å²) in [5.74, 6) is -1.30. The van der Waals surface area contributed by atoms with Crippen molar-refractivity contribution in [2.45, 2.75) is 19.5 Å². The second kappa shape index (κ2) is 5.85. The average molecular weight is 242 g/mol. The summed E-state index contributed by atoms with van der Waals surface area (Å²) in [6.07, 6.45) is 3.05. The van der Waals surface area contributed by atoms with E-state index >= 15 is 0 Å². The van der Waals surface area contributed by atoms with Gasteiger partial charge in [-0.3, -0.25) is 4.68 Å². The van der Waals surface area contributed by atoms with Gasteiger partial charge in [-0.1, -0.05) is 0 Å². The lowest BCUT2D eigenvalue weighted by Crippen LogP contribution is -2.45. The molecule has 4 N–H and O–H groups in total. The molecule has 0 bridgehead atoms. The monoisotopic (exact) mass is 242 g/mol. The van der Waals surface area contributed by atoms with Crippen molar-refractivity contribution in [3.8, 4) is 0 Å². The maximum atomic E-state index is 11.4. The minimum absolute atomic E-state index is 0.450. The number of aryl methyl sites for hydroxylation is 1. The molecule has 1 rings (SSSR count). The molecule has 0 aromatic carbocycles. The fraction of sp³-hybridized carbons (Fsp3) is 0.444. The highest BCUT2D eigenvalue weighted by Crippen LogP contribution is 2.04. The fourth-order valence-corrected chi connectivity index (χ4v) is 1.11. The van der Waals surface area contributed by atoms with Gasteiger partial charge in [0.25, 0.3) is 0 Å². The van der Waals surface area contributed by atoms with Crippen molar-refractivity contribution < 1.29 is 19.8 Å². The van der Waals surface area contributed by atoms with Crippen LogP contribution in [0, 0.1) is 0 Å². The number of carbonyl (C=O) groups is 2. The molecule has 0 saturated carbocycles. The lowest BCUT2D eigenvalue weighted by Gasteiger charge is -2.11. The topological polar surface area (TPSA) is 116 Å². The van der Waals surface area contributed by atoms with E-state index in [1.807, 2.05) is 6.92 Å². The maximum absolute atomic E-state index is 11.4. The lowest BCUT2D eigenvalue weighted by atomic mass is 10.3. The van der Waals surface area contributed by atoms with E-state index in [1.165, 1.54) is 6.20 Å². The second-order valence-corrected chi connectivity index (χ2v) is 3.26. The molecule has 1 aromatic heterocycles. The Bertz CT molecular complexity index is 403. The van der Waals surface area contributed by atoms with Crippen LogP contribution >= 0.6 is 0 Å². The van der Waals surface area contributed by atoms with Crippen molar-refractivity contribution in [1.29, 1.82) is 0 Å². The Balaban J connectivity index is 2.51. The molecule has 0 aliphatic carbocycles. The molecule has 0 spiro atoms. The molecule has 94 valence electrons. The van der Waals surface area contributed by atoms with Gasteiger partial charge in [-0.05, 0) is 6.92 Å². The smallest absolute Gasteiger partial charge is 0.328 e. The van der Waals surface area contributed by atoms with Gasteiger partial charge in [0.15, 0.2) is 6.04 Å². The van der Waals surface area contributed by atoms with E-state index in [-0.39, 0.29) is 0 Å². The number of aliphatic carboxylic acids is 1. The van der Waals surface area contributed by atoms with Crippen LogP contribution in [0.1, 0.15) is 6.92 Å². The number of aliphatic hydroxyl groups excluding tert-OH is 1. The van der Waals surface area contributed by atoms with Gasteiger partial charge in [0.2, 0.25) is 0 Å². The van der Waals surface area contributed by atoms with E-state index in [1.54, 1.807) is 10.9 Å². The van der Waals surface area contributed by atoms with Gasteiger partial charge in [-0.25, -0.2) is 9.59 Å². The summed E-state index contributed by atoms with van der Waals surface area (Å²) in [4.78, 5) is 21.9. The number of amides is 2. The number of hydrogen-bond acceptors (Lipinski definition) is 4. The Hall–Kier alpha value is -2.09. The van der Waals surface area contributed by atoms with Crippen molar-refractivity contribution in [3.05, 3.63) is 12.4 Å². The third kappa shape index (κ3) is 3.76. The van der Waals surface area contributed by atoms with Crippen LogP contribution in [0.25, 0.3) is 0 Å². The molecule has 2 amide bonds. The average Bonchev–Trinajstić information content (AvgIpc) is 2.73. The van der Waals surface area contributed by atoms with Gasteiger partial charge in [0.1, 0.15) is 0 Å². The molecule has 1 atom stereocenters. The van der Waals surface area contributed by atoms with Crippen molar-refractivity contribution in [2.75, 3.05) is 11.9 Å². The maximum Gasteiger partial charge on any atom is 0.328 e. The molecular formula is C9H14N4O4. The van der Waals surface area contributed by atoms with E-state index in [4.69, 9.17) is 10.2 Å². The Morgan fingerprint density at radius 1 is 1.59 bits per heavy atom. The van der Waals surface area contributed by atoms with E-state index in [0.717, 1.165) is 0 Å². The summed E-state index contributed by atoms with van der Waals surface area (Å²) in [5, 5.41) is 25.8. The summed E-state index contributed by atoms with van der Waals surface area (Å²) in [5.41, 5.74) is 0.450. The number of carboxylic acid groups (broad SMARTS) is 1. The Morgan fingerprint density at radius 2 is 2.29 bits per heavy atom. The molecule has 1 aromatic rings. The molecule has 0 aliphatic heterocycles. The van der Waals surface area contributed by atoms with Crippen LogP contribution in [0.5, 0.6) is 0 Å². The summed E-state index contributed by atoms with van der Waals surface area (Å²) < 4.78 is 1.61. The van der Waals surface area contributed by atoms with Crippen LogP contribution in [-0.2, 0) is 11.3 Å². The van der Waals surface area contributed by atoms with E-state index in [0.29, 0.717) is 12.2 Å². The first-order valence-corrected chi connectivity index (χ1v) is 5.00. The summed E-state index contributed by atoms with van der Waals surface area (Å²) in [6, 6.07) is -2.03. The Labute approximate surface area is 97.2 Å². The number of nitrogens with one attached hydrogen (secondary N) is 2. The highest BCUT2D eigenvalue weighted by molar-refractivity contribution is 5.92. The number of carbonyl (C=O) groups excluding carboxylic acids is 1. The molecule has 1 heterocycles. The zero-order chi connectivity index (χ0) is 12.8. The van der Waals surface area contributed by atoms with E-state index in [2.05, 4.69) is 15.7 Å². The number of aliphatic hydroxyl groups is 1. The van der Waals surface area contributed by atoms with Gasteiger partial charge >= 0.3 is 12.0 Å². The van der Waals surface area contributed by atoms with Crippen molar-refractivity contribution >= 4 is 17.7 Å². The highest BCUT2D eigenvalue weighted by Gasteiger charge is 2.18. The van der Waals surface area contributed by atoms with Crippen molar-refractivity contribution in [3.63, 3.8) is 0 Å². The number of urea groups is 1. The fourth-order valence-electron chi connectivity index (χ4n) is 1.11. The van der Waals surface area contributed by atoms with Crippen LogP contribution in [0.15, 0.2) is 12.4 Å². The molecule has 8 nitrogen and oxygen atoms in total. The Morgan fingerprint density at radius 3 is 2.76 bits per heavy atom. The predicted octanol–water partition coefficient (Wildman–Crippen LogP) is -0.530. The first kappa shape index (κ1) is 13.0. The standard InChI is InChI=1S/C9H14N4O4/c1-2-13-4-6(3-10-13)11-9(17)12-7(5-14)8(15)16/h3-4,7,14H,2,5H2,1H3,(H,15,16)(H2,11,12,17). The number of hydrogen-bond donors (Lipinski definition) is 4. The first-order chi connectivity index (χ1) is 8.06. The summed E-state index contributed by atoms with van der Waals surface area (Å²) >= 11 is 0. The number of carboxylic acids is 1. The number of aromatic nitrogens is 2. The van der Waals surface area contributed by atoms with Crippen LogP contribution in [0.3, 0.4) is 0 Å². The third-order valence-electron chi connectivity index (χ3n) is 2.00. The molecule has 0 fully saturated rings. The highest BCUT2D eigenvalue weighted by atomic mass is 16.4. The van der Waals surface area contributed by atoms with Crippen LogP contribution in [-0.4, -0.2) is 44.6 Å². The number of nitrogens with zero attached hydrogens (tertiary/aromatic N) is 2. The Kier molecular flexibility index (Phi) is 4.46. The number of anilines is 1. The largest absolute Gasteiger partial charge is 0.480 e. The summed E-state index contributed by atoms with van der Waals surface area (Å²) in [7, 11) is 0. The van der Waals surface area contributed by atoms with Gasteiger partial charge in [-0.2, -0.15) is 5.10 Å². The summed E-state index contributed by atoms with van der Waals surface area (Å²) in [6.45, 7) is 1.89. The molecule has 0 aliphatic rings. The van der Waals surface area contributed by atoms with Gasteiger partial charge in [0, 0.05) is 12.7 Å². The molecule has 8 heteroatoms. The normalized spacial score (nSPS) is 11.9. The van der Waals surface area contributed by atoms with Gasteiger partial charge in [0.05, 0.1) is 18.5 Å². The van der Waals surface area contributed by atoms with Crippen LogP contribution in [0.4, 0.5) is 10.5 Å². The second-order valence-electron chi connectivity index (χ2n) is 3.26. The van der Waals surface area contributed by atoms with Gasteiger partial charge in [-0.15, -0.1) is 0 Å². The van der Waals surface area contributed by atoms with E-state index < -0.39 is 24.6 Å². The zero-order valence-corrected chi connectivity index (χ0v) is 9.25. The molecule has 0 radical (unpaired) electrons. The van der Waals surface area contributed by atoms with Crippen molar-refractivity contribution in [1.82, 2.24) is 15.1 Å². The van der Waals surface area contributed by atoms with Gasteiger partial charge < -0.3 is 20.8 Å². The molecule has 1 unspecified atom stereocenters. The number of rotatable bonds is 5. The quantitative estimate of drug-likeness (QED) is 0.554. The molecule has 17 heavy (non-hydrogen) atoms. The van der Waals surface area contributed by atoms with Crippen molar-refractivity contribution in [2.24, 2.45) is 0 Å². The first-order valence-electron chi connectivity index (χ1n) is 5.00. The van der Waals surface area contributed by atoms with Crippen LogP contribution < -0.4 is 10.6 Å². The zero-order valence-electron chi connectivity index (χ0n) is 9.25. The third-order valence-corrected chi connectivity index (χ3v) is 2.00. The molecular weight excluding hydrogens is 228 g/mol. The minimum Gasteiger partial charge on any atom is -0.480 e. The van der Waals surface area contributed by atoms with E-state index in [9.17, 15) is 9.59 Å². The minimum atomic E-state index is -1.32.